The molecule has 0 aliphatic carbocycles. The minimum atomic E-state index is 0.487. The number of nitrogens with zero attached hydrogens (tertiary/aromatic N) is 2. The molecule has 0 saturated heterocycles. The zero-order valence-corrected chi connectivity index (χ0v) is 5.74. The highest BCUT2D eigenvalue weighted by Gasteiger charge is 1.96. The number of hydrogen-bond acceptors (Lipinski definition) is 3. The lowest BCUT2D eigenvalue weighted by Gasteiger charge is -1.99. The average molecular weight is 136 g/mol. The van der Waals surface area contributed by atoms with Crippen molar-refractivity contribution in [3.63, 3.8) is 0 Å². The van der Waals surface area contributed by atoms with E-state index < -0.39 is 0 Å². The standard InChI is InChI=1S/C7H8N2O/c1-6(10-2)7-8-4-3-5-9-7/h3-5H,1H2,2H3. The van der Waals surface area contributed by atoms with E-state index in [2.05, 4.69) is 16.5 Å². The molecule has 0 aliphatic heterocycles. The summed E-state index contributed by atoms with van der Waals surface area (Å²) in [6, 6.07) is 1.74. The zero-order chi connectivity index (χ0) is 7.40. The predicted octanol–water partition coefficient (Wildman–Crippen LogP) is 1.09. The Labute approximate surface area is 59.4 Å². The van der Waals surface area contributed by atoms with Gasteiger partial charge in [-0.05, 0) is 6.07 Å². The van der Waals surface area contributed by atoms with E-state index in [4.69, 9.17) is 4.74 Å². The summed E-state index contributed by atoms with van der Waals surface area (Å²) in [5.74, 6) is 1.02. The molecular formula is C7H8N2O. The maximum atomic E-state index is 4.82. The van der Waals surface area contributed by atoms with Crippen molar-refractivity contribution in [2.24, 2.45) is 0 Å². The minimum absolute atomic E-state index is 0.487. The second-order valence-corrected chi connectivity index (χ2v) is 1.70. The van der Waals surface area contributed by atoms with Gasteiger partial charge in [0.25, 0.3) is 0 Å². The van der Waals surface area contributed by atoms with Gasteiger partial charge in [0.1, 0.15) is 0 Å². The van der Waals surface area contributed by atoms with E-state index in [1.54, 1.807) is 25.6 Å². The summed E-state index contributed by atoms with van der Waals surface area (Å²) in [4.78, 5) is 7.83. The van der Waals surface area contributed by atoms with E-state index in [0.717, 1.165) is 0 Å². The first kappa shape index (κ1) is 6.74. The molecule has 0 fully saturated rings. The van der Waals surface area contributed by atoms with Crippen molar-refractivity contribution in [2.45, 2.75) is 0 Å². The van der Waals surface area contributed by atoms with E-state index in [1.165, 1.54) is 0 Å². The van der Waals surface area contributed by atoms with Crippen LogP contribution < -0.4 is 0 Å². The number of ether oxygens (including phenoxy) is 1. The molecule has 1 aromatic heterocycles. The maximum absolute atomic E-state index is 4.82. The van der Waals surface area contributed by atoms with Crippen molar-refractivity contribution < 1.29 is 4.74 Å². The highest BCUT2D eigenvalue weighted by Crippen LogP contribution is 2.03. The van der Waals surface area contributed by atoms with E-state index in [1.807, 2.05) is 0 Å². The molecule has 0 aromatic carbocycles. The van der Waals surface area contributed by atoms with E-state index >= 15 is 0 Å². The zero-order valence-electron chi connectivity index (χ0n) is 5.74. The Morgan fingerprint density at radius 3 is 2.60 bits per heavy atom. The molecule has 0 bridgehead atoms. The second kappa shape index (κ2) is 2.96. The third kappa shape index (κ3) is 1.31. The molecule has 1 aromatic rings. The summed E-state index contributed by atoms with van der Waals surface area (Å²) in [6.07, 6.45) is 3.29. The van der Waals surface area contributed by atoms with Crippen molar-refractivity contribution in [1.82, 2.24) is 9.97 Å². The van der Waals surface area contributed by atoms with Crippen LogP contribution in [0, 0.1) is 0 Å². The molecule has 0 spiro atoms. The molecule has 0 amide bonds. The highest BCUT2D eigenvalue weighted by molar-refractivity contribution is 5.48. The van der Waals surface area contributed by atoms with Crippen LogP contribution in [0.3, 0.4) is 0 Å². The van der Waals surface area contributed by atoms with E-state index in [9.17, 15) is 0 Å². The van der Waals surface area contributed by atoms with Crippen LogP contribution in [-0.4, -0.2) is 17.1 Å². The first-order valence-electron chi connectivity index (χ1n) is 2.85. The third-order valence-electron chi connectivity index (χ3n) is 1.06. The Bertz CT molecular complexity index is 220. The molecule has 0 aliphatic rings. The summed E-state index contributed by atoms with van der Waals surface area (Å²) in [7, 11) is 1.54. The predicted molar refractivity (Wildman–Crippen MR) is 38.1 cm³/mol. The van der Waals surface area contributed by atoms with Gasteiger partial charge in [-0.3, -0.25) is 0 Å². The molecule has 52 valence electrons. The quantitative estimate of drug-likeness (QED) is 0.571. The van der Waals surface area contributed by atoms with Crippen molar-refractivity contribution in [3.8, 4) is 0 Å². The normalized spacial score (nSPS) is 8.90. The Hall–Kier alpha value is -1.38. The Kier molecular flexibility index (Phi) is 1.99. The topological polar surface area (TPSA) is 35.0 Å². The van der Waals surface area contributed by atoms with Crippen LogP contribution in [0.2, 0.25) is 0 Å². The average Bonchev–Trinajstić information content (AvgIpc) is 2.05. The third-order valence-corrected chi connectivity index (χ3v) is 1.06. The lowest BCUT2D eigenvalue weighted by molar-refractivity contribution is 0.367. The number of hydrogen-bond donors (Lipinski definition) is 0. The van der Waals surface area contributed by atoms with Crippen molar-refractivity contribution in [2.75, 3.05) is 7.11 Å². The number of methoxy groups -OCH3 is 1. The molecular weight excluding hydrogens is 128 g/mol. The van der Waals surface area contributed by atoms with Crippen LogP contribution in [-0.2, 0) is 4.74 Å². The largest absolute Gasteiger partial charge is 0.493 e. The van der Waals surface area contributed by atoms with Gasteiger partial charge in [0.05, 0.1) is 7.11 Å². The molecule has 0 radical (unpaired) electrons. The summed E-state index contributed by atoms with van der Waals surface area (Å²) >= 11 is 0. The van der Waals surface area contributed by atoms with Crippen LogP contribution in [0.4, 0.5) is 0 Å². The van der Waals surface area contributed by atoms with Gasteiger partial charge in [-0.25, -0.2) is 9.97 Å². The van der Waals surface area contributed by atoms with Gasteiger partial charge in [-0.15, -0.1) is 0 Å². The van der Waals surface area contributed by atoms with Crippen LogP contribution in [0.1, 0.15) is 5.82 Å². The fourth-order valence-corrected chi connectivity index (χ4v) is 0.534. The fourth-order valence-electron chi connectivity index (χ4n) is 0.534. The van der Waals surface area contributed by atoms with Gasteiger partial charge in [-0.2, -0.15) is 0 Å². The van der Waals surface area contributed by atoms with Gasteiger partial charge < -0.3 is 4.74 Å². The number of aromatic nitrogens is 2. The Balaban J connectivity index is 2.85. The monoisotopic (exact) mass is 136 g/mol. The second-order valence-electron chi connectivity index (χ2n) is 1.70. The fraction of sp³-hybridized carbons (Fsp3) is 0.143. The molecule has 3 nitrogen and oxygen atoms in total. The molecule has 0 saturated carbocycles. The lowest BCUT2D eigenvalue weighted by Crippen LogP contribution is -1.92. The maximum Gasteiger partial charge on any atom is 0.194 e. The lowest BCUT2D eigenvalue weighted by atomic mass is 10.5. The molecule has 1 rings (SSSR count). The van der Waals surface area contributed by atoms with Crippen LogP contribution in [0.15, 0.2) is 25.0 Å². The van der Waals surface area contributed by atoms with Gasteiger partial charge in [-0.1, -0.05) is 6.58 Å². The Morgan fingerprint density at radius 2 is 2.10 bits per heavy atom. The summed E-state index contributed by atoms with van der Waals surface area (Å²) in [5, 5.41) is 0. The van der Waals surface area contributed by atoms with E-state index in [-0.39, 0.29) is 0 Å². The molecule has 0 N–H and O–H groups in total. The molecule has 10 heavy (non-hydrogen) atoms. The first-order valence-corrected chi connectivity index (χ1v) is 2.85. The van der Waals surface area contributed by atoms with Crippen LogP contribution in [0.25, 0.3) is 5.76 Å². The summed E-state index contributed by atoms with van der Waals surface area (Å²) in [6.45, 7) is 3.60. The molecule has 0 unspecified atom stereocenters. The van der Waals surface area contributed by atoms with Gasteiger partial charge in [0.2, 0.25) is 0 Å². The van der Waals surface area contributed by atoms with E-state index in [0.29, 0.717) is 11.6 Å². The first-order chi connectivity index (χ1) is 4.84. The van der Waals surface area contributed by atoms with Gasteiger partial charge in [0, 0.05) is 12.4 Å². The summed E-state index contributed by atoms with van der Waals surface area (Å²) in [5.41, 5.74) is 0. The van der Waals surface area contributed by atoms with Gasteiger partial charge >= 0.3 is 0 Å². The SMILES string of the molecule is C=C(OC)c1ncccn1. The van der Waals surface area contributed by atoms with Crippen molar-refractivity contribution in [3.05, 3.63) is 30.9 Å². The number of rotatable bonds is 2. The molecule has 3 heteroatoms. The van der Waals surface area contributed by atoms with Crippen molar-refractivity contribution >= 4 is 5.76 Å². The van der Waals surface area contributed by atoms with Gasteiger partial charge in [0.15, 0.2) is 11.6 Å². The Morgan fingerprint density at radius 1 is 1.50 bits per heavy atom. The van der Waals surface area contributed by atoms with Crippen molar-refractivity contribution in [1.29, 1.82) is 0 Å². The minimum Gasteiger partial charge on any atom is -0.493 e. The van der Waals surface area contributed by atoms with Crippen LogP contribution in [0.5, 0.6) is 0 Å². The smallest absolute Gasteiger partial charge is 0.194 e. The van der Waals surface area contributed by atoms with Crippen LogP contribution >= 0.6 is 0 Å². The summed E-state index contributed by atoms with van der Waals surface area (Å²) < 4.78 is 4.82. The highest BCUT2D eigenvalue weighted by atomic mass is 16.5. The molecule has 0 atom stereocenters. The molecule has 1 heterocycles.